The van der Waals surface area contributed by atoms with Gasteiger partial charge in [0.1, 0.15) is 22.7 Å². The van der Waals surface area contributed by atoms with Gasteiger partial charge in [0, 0.05) is 62.1 Å². The highest BCUT2D eigenvalue weighted by Crippen LogP contribution is 2.39. The number of aromatic hydroxyl groups is 1. The first kappa shape index (κ1) is 22.1. The average Bonchev–Trinajstić information content (AvgIpc) is 3.41. The largest absolute Gasteiger partial charge is 0.507 e. The molecule has 4 aromatic rings. The van der Waals surface area contributed by atoms with Crippen molar-refractivity contribution < 1.29 is 19.4 Å². The number of aromatic nitrogens is 2. The summed E-state index contributed by atoms with van der Waals surface area (Å²) in [6.07, 6.45) is 5.34. The van der Waals surface area contributed by atoms with Crippen molar-refractivity contribution in [3.63, 3.8) is 0 Å². The highest BCUT2D eigenvalue weighted by Gasteiger charge is 2.30. The first-order valence-corrected chi connectivity index (χ1v) is 11.8. The molecule has 2 aliphatic heterocycles. The molecule has 0 bridgehead atoms. The molecule has 8 heteroatoms. The number of pyridine rings is 1. The topological polar surface area (TPSA) is 96.7 Å². The number of nitrogens with one attached hydrogen (secondary N) is 1. The van der Waals surface area contributed by atoms with E-state index in [1.165, 1.54) is 6.07 Å². The molecular weight excluding hydrogens is 456 g/mol. The maximum Gasteiger partial charge on any atom is 0.253 e. The summed E-state index contributed by atoms with van der Waals surface area (Å²) in [5.41, 5.74) is 4.22. The Balaban J connectivity index is 1.38. The van der Waals surface area contributed by atoms with E-state index in [1.54, 1.807) is 24.4 Å². The van der Waals surface area contributed by atoms with Gasteiger partial charge in [0.15, 0.2) is 5.76 Å². The predicted molar refractivity (Wildman–Crippen MR) is 136 cm³/mol. The van der Waals surface area contributed by atoms with Crippen LogP contribution in [-0.4, -0.2) is 57.4 Å². The van der Waals surface area contributed by atoms with E-state index in [4.69, 9.17) is 4.74 Å². The number of aryl methyl sites for hydroxylation is 1. The van der Waals surface area contributed by atoms with Gasteiger partial charge in [0.2, 0.25) is 5.78 Å². The molecule has 0 radical (unpaired) electrons. The number of Topliss-reactive ketones (excluding diaryl/α,β-unsaturated/α-hetero) is 1. The molecular formula is C28H24N4O4. The number of phenolic OH excluding ortho intramolecular Hbond substituents is 1. The lowest BCUT2D eigenvalue weighted by atomic mass is 9.99. The lowest BCUT2D eigenvalue weighted by molar-refractivity contribution is 0.0735. The molecule has 1 saturated heterocycles. The van der Waals surface area contributed by atoms with E-state index in [-0.39, 0.29) is 28.8 Å². The molecule has 4 heterocycles. The number of nitrogens with zero attached hydrogens (tertiary/aromatic N) is 3. The first-order valence-electron chi connectivity index (χ1n) is 11.8. The number of ketones is 1. The summed E-state index contributed by atoms with van der Waals surface area (Å²) in [7, 11) is 1.90. The van der Waals surface area contributed by atoms with Crippen LogP contribution >= 0.6 is 0 Å². The van der Waals surface area contributed by atoms with Crippen molar-refractivity contribution in [2.45, 2.75) is 0 Å². The zero-order valence-corrected chi connectivity index (χ0v) is 19.7. The zero-order valence-electron chi connectivity index (χ0n) is 19.7. The molecule has 2 aliphatic rings. The molecule has 2 aromatic carbocycles. The van der Waals surface area contributed by atoms with Crippen molar-refractivity contribution in [1.29, 1.82) is 0 Å². The number of phenols is 1. The van der Waals surface area contributed by atoms with Crippen LogP contribution in [0.2, 0.25) is 0 Å². The number of carbonyl (C=O) groups is 2. The number of piperazine rings is 1. The second-order valence-electron chi connectivity index (χ2n) is 8.96. The van der Waals surface area contributed by atoms with Crippen LogP contribution in [0.5, 0.6) is 11.5 Å². The summed E-state index contributed by atoms with van der Waals surface area (Å²) in [6, 6.07) is 14.3. The molecule has 1 amide bonds. The van der Waals surface area contributed by atoms with Crippen LogP contribution in [-0.2, 0) is 7.05 Å². The normalized spacial score (nSPS) is 16.4. The SMILES string of the molecule is Cn1cc(C=C2Oc3cccc(O)c3C2=O)c2c(-c3ccc(C(=O)N4CCNCC4)cc3)ccnc21. The van der Waals surface area contributed by atoms with Gasteiger partial charge in [-0.25, -0.2) is 4.98 Å². The van der Waals surface area contributed by atoms with Gasteiger partial charge in [-0.3, -0.25) is 9.59 Å². The number of fused-ring (bicyclic) bond motifs is 2. The van der Waals surface area contributed by atoms with Crippen molar-refractivity contribution in [2.24, 2.45) is 7.05 Å². The fourth-order valence-electron chi connectivity index (χ4n) is 4.89. The summed E-state index contributed by atoms with van der Waals surface area (Å²) in [5, 5.41) is 14.3. The highest BCUT2D eigenvalue weighted by atomic mass is 16.5. The maximum absolute atomic E-state index is 12.9. The molecule has 0 spiro atoms. The van der Waals surface area contributed by atoms with E-state index in [9.17, 15) is 14.7 Å². The highest BCUT2D eigenvalue weighted by molar-refractivity contribution is 6.17. The quantitative estimate of drug-likeness (QED) is 0.435. The molecule has 8 nitrogen and oxygen atoms in total. The first-order chi connectivity index (χ1) is 17.5. The van der Waals surface area contributed by atoms with Crippen molar-refractivity contribution >= 4 is 28.8 Å². The van der Waals surface area contributed by atoms with Crippen LogP contribution in [0.4, 0.5) is 0 Å². The smallest absolute Gasteiger partial charge is 0.253 e. The summed E-state index contributed by atoms with van der Waals surface area (Å²) in [4.78, 5) is 32.2. The Labute approximate surface area is 207 Å². The van der Waals surface area contributed by atoms with Crippen molar-refractivity contribution in [3.8, 4) is 22.6 Å². The number of allylic oxidation sites excluding steroid dienone is 1. The number of benzene rings is 2. The van der Waals surface area contributed by atoms with Crippen LogP contribution < -0.4 is 10.1 Å². The minimum Gasteiger partial charge on any atom is -0.507 e. The second kappa shape index (κ2) is 8.66. The third-order valence-corrected chi connectivity index (χ3v) is 6.70. The Morgan fingerprint density at radius 2 is 1.89 bits per heavy atom. The Kier molecular flexibility index (Phi) is 5.30. The summed E-state index contributed by atoms with van der Waals surface area (Å²) in [6.45, 7) is 3.02. The number of rotatable bonds is 3. The van der Waals surface area contributed by atoms with E-state index in [0.717, 1.165) is 40.8 Å². The lowest BCUT2D eigenvalue weighted by Crippen LogP contribution is -2.46. The van der Waals surface area contributed by atoms with Gasteiger partial charge < -0.3 is 24.6 Å². The Bertz CT molecular complexity index is 1550. The molecule has 0 atom stereocenters. The van der Waals surface area contributed by atoms with Gasteiger partial charge in [0.25, 0.3) is 5.91 Å². The second-order valence-corrected chi connectivity index (χ2v) is 8.96. The summed E-state index contributed by atoms with van der Waals surface area (Å²) >= 11 is 0. The van der Waals surface area contributed by atoms with E-state index in [0.29, 0.717) is 24.4 Å². The van der Waals surface area contributed by atoms with Crippen LogP contribution in [0, 0.1) is 0 Å². The molecule has 2 N–H and O–H groups in total. The van der Waals surface area contributed by atoms with E-state index in [2.05, 4.69) is 10.3 Å². The van der Waals surface area contributed by atoms with Crippen LogP contribution in [0.25, 0.3) is 28.2 Å². The number of ether oxygens (including phenoxy) is 1. The van der Waals surface area contributed by atoms with Gasteiger partial charge in [-0.2, -0.15) is 0 Å². The zero-order chi connectivity index (χ0) is 24.8. The standard InChI is InChI=1S/C28H24N4O4/c1-31-16-19(15-23-26(34)25-21(33)3-2-4-22(25)36-23)24-20(9-10-30-27(24)31)17-5-7-18(8-6-17)28(35)32-13-11-29-12-14-32/h2-10,15-16,29,33H,11-14H2,1H3. The predicted octanol–water partition coefficient (Wildman–Crippen LogP) is 3.61. The minimum atomic E-state index is -0.360. The minimum absolute atomic E-state index is 0.0350. The van der Waals surface area contributed by atoms with Crippen molar-refractivity contribution in [1.82, 2.24) is 19.8 Å². The summed E-state index contributed by atoms with van der Waals surface area (Å²) < 4.78 is 7.68. The molecule has 36 heavy (non-hydrogen) atoms. The van der Waals surface area contributed by atoms with Crippen molar-refractivity contribution in [2.75, 3.05) is 26.2 Å². The fraction of sp³-hybridized carbons (Fsp3) is 0.179. The molecule has 6 rings (SSSR count). The summed E-state index contributed by atoms with van der Waals surface area (Å²) in [5.74, 6) is 0.0612. The molecule has 0 aliphatic carbocycles. The van der Waals surface area contributed by atoms with Gasteiger partial charge in [-0.1, -0.05) is 18.2 Å². The lowest BCUT2D eigenvalue weighted by Gasteiger charge is -2.27. The number of amides is 1. The van der Waals surface area contributed by atoms with Gasteiger partial charge in [-0.15, -0.1) is 0 Å². The third-order valence-electron chi connectivity index (χ3n) is 6.70. The third kappa shape index (κ3) is 3.63. The number of hydrogen-bond donors (Lipinski definition) is 2. The Morgan fingerprint density at radius 1 is 1.11 bits per heavy atom. The number of carbonyl (C=O) groups excluding carboxylic acids is 2. The monoisotopic (exact) mass is 480 g/mol. The van der Waals surface area contributed by atoms with Crippen LogP contribution in [0.15, 0.2) is 66.7 Å². The molecule has 0 unspecified atom stereocenters. The Hall–Kier alpha value is -4.43. The number of hydrogen-bond acceptors (Lipinski definition) is 6. The van der Waals surface area contributed by atoms with E-state index >= 15 is 0 Å². The molecule has 180 valence electrons. The van der Waals surface area contributed by atoms with Crippen molar-refractivity contribution in [3.05, 3.63) is 83.4 Å². The van der Waals surface area contributed by atoms with E-state index in [1.807, 2.05) is 53.0 Å². The van der Waals surface area contributed by atoms with Crippen LogP contribution in [0.3, 0.4) is 0 Å². The Morgan fingerprint density at radius 3 is 2.64 bits per heavy atom. The van der Waals surface area contributed by atoms with Gasteiger partial charge in [0.05, 0.1) is 0 Å². The average molecular weight is 481 g/mol. The maximum atomic E-state index is 12.9. The van der Waals surface area contributed by atoms with Crippen LogP contribution in [0.1, 0.15) is 26.3 Å². The van der Waals surface area contributed by atoms with Gasteiger partial charge >= 0.3 is 0 Å². The fourth-order valence-corrected chi connectivity index (χ4v) is 4.89. The van der Waals surface area contributed by atoms with E-state index < -0.39 is 0 Å². The van der Waals surface area contributed by atoms with Gasteiger partial charge in [-0.05, 0) is 47.5 Å². The molecule has 2 aromatic heterocycles. The molecule has 0 saturated carbocycles. The molecule has 1 fully saturated rings.